The topological polar surface area (TPSA) is 9.23 Å². The molecule has 0 saturated carbocycles. The van der Waals surface area contributed by atoms with Gasteiger partial charge in [-0.3, -0.25) is 0 Å². The summed E-state index contributed by atoms with van der Waals surface area (Å²) in [5, 5.41) is 0. The average molecular weight is 214 g/mol. The first kappa shape index (κ1) is 10.9. The highest BCUT2D eigenvalue weighted by molar-refractivity contribution is 8.10. The molecule has 0 amide bonds. The first-order chi connectivity index (χ1) is 4.63. The van der Waals surface area contributed by atoms with Crippen molar-refractivity contribution >= 4 is 54.5 Å². The maximum absolute atomic E-state index is 4.92. The van der Waals surface area contributed by atoms with Crippen molar-refractivity contribution in [3.8, 4) is 0 Å². The third kappa shape index (κ3) is 8.94. The molecule has 0 fully saturated rings. The molecule has 0 spiro atoms. The number of hydrogen-bond donors (Lipinski definition) is 3. The molecule has 0 N–H and O–H groups in total. The fraction of sp³-hybridized carbons (Fsp3) is 0.800. The van der Waals surface area contributed by atoms with Gasteiger partial charge in [-0.15, -0.1) is 0 Å². The monoisotopic (exact) mass is 214 g/mol. The first-order valence-electron chi connectivity index (χ1n) is 2.85. The molecule has 0 aliphatic rings. The smallest absolute Gasteiger partial charge is 0.216 e. The third-order valence-electron chi connectivity index (χ3n) is 0.832. The fourth-order valence-electron chi connectivity index (χ4n) is 0.425. The van der Waals surface area contributed by atoms with Crippen molar-refractivity contribution in [2.24, 2.45) is 0 Å². The van der Waals surface area contributed by atoms with Crippen LogP contribution in [-0.4, -0.2) is 15.6 Å². The molecular weight excluding hydrogens is 204 g/mol. The van der Waals surface area contributed by atoms with Gasteiger partial charge < -0.3 is 4.74 Å². The van der Waals surface area contributed by atoms with Crippen LogP contribution in [0.3, 0.4) is 0 Å². The number of ether oxygens (including phenoxy) is 1. The van der Waals surface area contributed by atoms with Crippen molar-refractivity contribution in [1.82, 2.24) is 0 Å². The van der Waals surface area contributed by atoms with Gasteiger partial charge in [-0.2, -0.15) is 25.3 Å². The Hall–Kier alpha value is 0.940. The van der Waals surface area contributed by atoms with Crippen LogP contribution in [-0.2, 0) is 4.74 Å². The number of hydrogen-bond acceptors (Lipinski definition) is 4. The van der Waals surface area contributed by atoms with E-state index in [-0.39, 0.29) is 4.58 Å². The predicted molar refractivity (Wildman–Crippen MR) is 58.5 cm³/mol. The molecule has 1 nitrogen and oxygen atoms in total. The summed E-state index contributed by atoms with van der Waals surface area (Å²) in [5.41, 5.74) is 0. The Bertz CT molecular complexity index is 104. The summed E-state index contributed by atoms with van der Waals surface area (Å²) < 4.78 is 5.36. The molecule has 0 radical (unpaired) electrons. The zero-order valence-electron chi connectivity index (χ0n) is 5.36. The van der Waals surface area contributed by atoms with Crippen LogP contribution in [0.2, 0.25) is 0 Å². The number of rotatable bonds is 4. The lowest BCUT2D eigenvalue weighted by atomic mass is 10.4. The molecule has 60 valence electrons. The Labute approximate surface area is 83.1 Å². The molecular formula is C5H10OS4. The summed E-state index contributed by atoms with van der Waals surface area (Å²) in [4.78, 5) is 0. The molecule has 0 atom stereocenters. The molecule has 0 aliphatic carbocycles. The summed E-state index contributed by atoms with van der Waals surface area (Å²) in [5.74, 6) is 0. The van der Waals surface area contributed by atoms with E-state index in [9.17, 15) is 0 Å². The standard InChI is InChI=1S/C5H10OS4/c7-4(8)2-1-3-6-5(9)10/h4,7-8H,1-3H2,(H,9,10). The molecule has 0 aromatic carbocycles. The van der Waals surface area contributed by atoms with Gasteiger partial charge in [0, 0.05) is 4.58 Å². The van der Waals surface area contributed by atoms with Crippen LogP contribution >= 0.6 is 50.1 Å². The maximum atomic E-state index is 4.92. The molecule has 0 aliphatic heterocycles. The lowest BCUT2D eigenvalue weighted by Gasteiger charge is -2.03. The Morgan fingerprint density at radius 2 is 2.10 bits per heavy atom. The minimum Gasteiger partial charge on any atom is -0.479 e. The van der Waals surface area contributed by atoms with Crippen LogP contribution in [0.1, 0.15) is 12.8 Å². The predicted octanol–water partition coefficient (Wildman–Crippen LogP) is 2.18. The zero-order chi connectivity index (χ0) is 7.98. The molecule has 10 heavy (non-hydrogen) atoms. The third-order valence-corrected chi connectivity index (χ3v) is 1.60. The molecule has 0 heterocycles. The van der Waals surface area contributed by atoms with Gasteiger partial charge in [0.1, 0.15) is 0 Å². The second-order valence-corrected chi connectivity index (χ2v) is 4.47. The van der Waals surface area contributed by atoms with Crippen LogP contribution in [0.4, 0.5) is 0 Å². The summed E-state index contributed by atoms with van der Waals surface area (Å²) in [6.07, 6.45) is 1.83. The van der Waals surface area contributed by atoms with E-state index in [4.69, 9.17) is 4.74 Å². The zero-order valence-corrected chi connectivity index (χ0v) is 8.86. The van der Waals surface area contributed by atoms with Crippen molar-refractivity contribution in [1.29, 1.82) is 0 Å². The van der Waals surface area contributed by atoms with Crippen molar-refractivity contribution in [3.63, 3.8) is 0 Å². The van der Waals surface area contributed by atoms with Crippen molar-refractivity contribution < 1.29 is 4.74 Å². The van der Waals surface area contributed by atoms with Gasteiger partial charge in [-0.05, 0) is 25.1 Å². The van der Waals surface area contributed by atoms with Gasteiger partial charge in [-0.1, -0.05) is 12.6 Å². The van der Waals surface area contributed by atoms with Crippen LogP contribution in [0.25, 0.3) is 0 Å². The summed E-state index contributed by atoms with van der Waals surface area (Å²) in [7, 11) is 0. The Morgan fingerprint density at radius 1 is 1.50 bits per heavy atom. The minimum atomic E-state index is 0.136. The second kappa shape index (κ2) is 6.64. The van der Waals surface area contributed by atoms with Crippen LogP contribution < -0.4 is 0 Å². The van der Waals surface area contributed by atoms with Gasteiger partial charge in [0.15, 0.2) is 0 Å². The van der Waals surface area contributed by atoms with E-state index < -0.39 is 0 Å². The van der Waals surface area contributed by atoms with E-state index in [2.05, 4.69) is 50.1 Å². The van der Waals surface area contributed by atoms with Crippen LogP contribution in [0.5, 0.6) is 0 Å². The molecule has 0 rings (SSSR count). The Balaban J connectivity index is 2.98. The number of thiocarbonyl (C=S) groups is 1. The highest BCUT2D eigenvalue weighted by Gasteiger charge is 1.95. The van der Waals surface area contributed by atoms with Crippen LogP contribution in [0.15, 0.2) is 0 Å². The van der Waals surface area contributed by atoms with Gasteiger partial charge >= 0.3 is 0 Å². The Morgan fingerprint density at radius 3 is 2.50 bits per heavy atom. The largest absolute Gasteiger partial charge is 0.479 e. The molecule has 0 unspecified atom stereocenters. The van der Waals surface area contributed by atoms with Gasteiger partial charge in [-0.25, -0.2) is 0 Å². The van der Waals surface area contributed by atoms with E-state index in [1.165, 1.54) is 0 Å². The van der Waals surface area contributed by atoms with Crippen LogP contribution in [0, 0.1) is 0 Å². The summed E-state index contributed by atoms with van der Waals surface area (Å²) in [6.45, 7) is 0.611. The quantitative estimate of drug-likeness (QED) is 0.286. The first-order valence-corrected chi connectivity index (χ1v) is 4.73. The average Bonchev–Trinajstić information content (AvgIpc) is 1.79. The number of thiol groups is 3. The van der Waals surface area contributed by atoms with Gasteiger partial charge in [0.25, 0.3) is 0 Å². The van der Waals surface area contributed by atoms with E-state index in [1.807, 2.05) is 0 Å². The van der Waals surface area contributed by atoms with Gasteiger partial charge in [0.2, 0.25) is 4.38 Å². The minimum absolute atomic E-state index is 0.136. The maximum Gasteiger partial charge on any atom is 0.216 e. The summed E-state index contributed by atoms with van der Waals surface area (Å²) in [6, 6.07) is 0. The Kier molecular flexibility index (Phi) is 7.26. The van der Waals surface area contributed by atoms with E-state index >= 15 is 0 Å². The van der Waals surface area contributed by atoms with E-state index in [1.54, 1.807) is 0 Å². The summed E-state index contributed by atoms with van der Waals surface area (Å²) >= 11 is 16.5. The molecule has 0 aromatic rings. The van der Waals surface area contributed by atoms with Crippen molar-refractivity contribution in [3.05, 3.63) is 0 Å². The lowest BCUT2D eigenvalue weighted by Crippen LogP contribution is -1.98. The van der Waals surface area contributed by atoms with E-state index in [0.29, 0.717) is 11.0 Å². The fourth-order valence-corrected chi connectivity index (χ4v) is 0.965. The highest BCUT2D eigenvalue weighted by atomic mass is 32.2. The van der Waals surface area contributed by atoms with Crippen molar-refractivity contribution in [2.45, 2.75) is 17.4 Å². The van der Waals surface area contributed by atoms with E-state index in [0.717, 1.165) is 12.8 Å². The van der Waals surface area contributed by atoms with Crippen molar-refractivity contribution in [2.75, 3.05) is 6.61 Å². The molecule has 0 saturated heterocycles. The SMILES string of the molecule is S=C(S)OCCCC(S)S. The van der Waals surface area contributed by atoms with Gasteiger partial charge in [0.05, 0.1) is 6.61 Å². The molecule has 5 heteroatoms. The highest BCUT2D eigenvalue weighted by Crippen LogP contribution is 2.08. The molecule has 0 bridgehead atoms. The normalized spacial score (nSPS) is 10.0. The molecule has 0 aromatic heterocycles. The lowest BCUT2D eigenvalue weighted by molar-refractivity contribution is 0.313. The second-order valence-electron chi connectivity index (χ2n) is 1.74.